The van der Waals surface area contributed by atoms with E-state index in [0.717, 1.165) is 18.0 Å². The first kappa shape index (κ1) is 13.8. The molecular weight excluding hydrogens is 236 g/mol. The second kappa shape index (κ2) is 6.04. The number of hydrogen-bond donors (Lipinski definition) is 1. The van der Waals surface area contributed by atoms with Crippen molar-refractivity contribution in [2.24, 2.45) is 5.41 Å². The fraction of sp³-hybridized carbons (Fsp3) is 0.600. The van der Waals surface area contributed by atoms with Crippen molar-refractivity contribution in [2.75, 3.05) is 11.9 Å². The third-order valence-electron chi connectivity index (χ3n) is 3.46. The van der Waals surface area contributed by atoms with E-state index < -0.39 is 0 Å². The normalized spacial score (nSPS) is 11.9. The van der Waals surface area contributed by atoms with Crippen LogP contribution in [0, 0.1) is 5.41 Å². The van der Waals surface area contributed by atoms with Gasteiger partial charge in [0.25, 0.3) is 0 Å². The maximum atomic E-state index is 4.52. The molecular formula is C15H24N4. The van der Waals surface area contributed by atoms with Crippen LogP contribution in [-0.2, 0) is 0 Å². The molecule has 4 nitrogen and oxygen atoms in total. The minimum Gasteiger partial charge on any atom is -0.369 e. The van der Waals surface area contributed by atoms with Crippen LogP contribution in [0.5, 0.6) is 0 Å². The van der Waals surface area contributed by atoms with Crippen molar-refractivity contribution in [2.45, 2.75) is 46.5 Å². The van der Waals surface area contributed by atoms with Gasteiger partial charge in [0.05, 0.1) is 6.20 Å². The molecule has 19 heavy (non-hydrogen) atoms. The Bertz CT molecular complexity index is 516. The van der Waals surface area contributed by atoms with Crippen LogP contribution in [0.1, 0.15) is 46.5 Å². The minimum atomic E-state index is 0.309. The predicted molar refractivity (Wildman–Crippen MR) is 79.4 cm³/mol. The van der Waals surface area contributed by atoms with Crippen molar-refractivity contribution < 1.29 is 0 Å². The van der Waals surface area contributed by atoms with E-state index in [9.17, 15) is 0 Å². The largest absolute Gasteiger partial charge is 0.369 e. The first-order chi connectivity index (χ1) is 9.11. The lowest BCUT2D eigenvalue weighted by atomic mass is 9.87. The van der Waals surface area contributed by atoms with Gasteiger partial charge in [0.2, 0.25) is 0 Å². The average molecular weight is 260 g/mol. The molecule has 0 aliphatic rings. The van der Waals surface area contributed by atoms with Crippen LogP contribution in [0.3, 0.4) is 0 Å². The van der Waals surface area contributed by atoms with E-state index >= 15 is 0 Å². The van der Waals surface area contributed by atoms with Crippen LogP contribution >= 0.6 is 0 Å². The maximum Gasteiger partial charge on any atom is 0.157 e. The molecule has 0 fully saturated rings. The summed E-state index contributed by atoms with van der Waals surface area (Å²) >= 11 is 0. The topological polar surface area (TPSA) is 42.2 Å². The number of unbranched alkanes of at least 4 members (excludes halogenated alkanes) is 2. The van der Waals surface area contributed by atoms with Crippen molar-refractivity contribution in [3.63, 3.8) is 0 Å². The summed E-state index contributed by atoms with van der Waals surface area (Å²) in [5.74, 6) is 0.927. The fourth-order valence-corrected chi connectivity index (χ4v) is 2.18. The number of nitrogens with zero attached hydrogens (tertiary/aromatic N) is 3. The Morgan fingerprint density at radius 1 is 1.26 bits per heavy atom. The average Bonchev–Trinajstić information content (AvgIpc) is 2.84. The molecule has 2 aromatic heterocycles. The summed E-state index contributed by atoms with van der Waals surface area (Å²) in [5.41, 5.74) is 1.19. The summed E-state index contributed by atoms with van der Waals surface area (Å²) in [7, 11) is 0. The van der Waals surface area contributed by atoms with Gasteiger partial charge >= 0.3 is 0 Å². The van der Waals surface area contributed by atoms with Gasteiger partial charge < -0.3 is 5.32 Å². The first-order valence-electron chi connectivity index (χ1n) is 7.15. The standard InChI is InChI=1S/C15H24N4/c1-4-5-6-9-15(2,3)12-16-13-8-11-19-14(18-13)7-10-17-19/h7-8,10-11H,4-6,9,12H2,1-3H3,(H,16,18). The fourth-order valence-electron chi connectivity index (χ4n) is 2.18. The van der Waals surface area contributed by atoms with Gasteiger partial charge in [0, 0.05) is 18.8 Å². The molecule has 104 valence electrons. The number of anilines is 1. The Kier molecular flexibility index (Phi) is 4.40. The molecule has 0 radical (unpaired) electrons. The first-order valence-corrected chi connectivity index (χ1v) is 7.15. The lowest BCUT2D eigenvalue weighted by Gasteiger charge is -2.25. The summed E-state index contributed by atoms with van der Waals surface area (Å²) in [4.78, 5) is 4.52. The molecule has 2 rings (SSSR count). The lowest BCUT2D eigenvalue weighted by molar-refractivity contribution is 0.342. The molecule has 2 aromatic rings. The minimum absolute atomic E-state index is 0.309. The third kappa shape index (κ3) is 3.94. The van der Waals surface area contributed by atoms with Crippen LogP contribution in [0.4, 0.5) is 5.82 Å². The summed E-state index contributed by atoms with van der Waals surface area (Å²) in [6.07, 6.45) is 8.87. The van der Waals surface area contributed by atoms with Crippen LogP contribution in [0.15, 0.2) is 24.5 Å². The summed E-state index contributed by atoms with van der Waals surface area (Å²) in [6.45, 7) is 7.82. The highest BCUT2D eigenvalue weighted by Crippen LogP contribution is 2.24. The summed E-state index contributed by atoms with van der Waals surface area (Å²) < 4.78 is 1.78. The molecule has 0 aliphatic heterocycles. The molecule has 2 heterocycles. The highest BCUT2D eigenvalue weighted by Gasteiger charge is 2.17. The van der Waals surface area contributed by atoms with Gasteiger partial charge in [-0.05, 0) is 17.9 Å². The van der Waals surface area contributed by atoms with Gasteiger partial charge in [-0.3, -0.25) is 0 Å². The number of hydrogen-bond acceptors (Lipinski definition) is 3. The summed E-state index contributed by atoms with van der Waals surface area (Å²) in [5, 5.41) is 7.59. The zero-order chi connectivity index (χ0) is 13.7. The highest BCUT2D eigenvalue weighted by atomic mass is 15.2. The Balaban J connectivity index is 1.89. The predicted octanol–water partition coefficient (Wildman–Crippen LogP) is 3.75. The molecule has 0 spiro atoms. The van der Waals surface area contributed by atoms with Crippen LogP contribution in [0.25, 0.3) is 5.65 Å². The second-order valence-electron chi connectivity index (χ2n) is 5.92. The molecule has 0 aliphatic carbocycles. The molecule has 0 bridgehead atoms. The van der Waals surface area contributed by atoms with Crippen LogP contribution in [0.2, 0.25) is 0 Å². The second-order valence-corrected chi connectivity index (χ2v) is 5.92. The van der Waals surface area contributed by atoms with E-state index in [4.69, 9.17) is 0 Å². The van der Waals surface area contributed by atoms with Crippen molar-refractivity contribution in [3.05, 3.63) is 24.5 Å². The smallest absolute Gasteiger partial charge is 0.157 e. The number of fused-ring (bicyclic) bond motifs is 1. The monoisotopic (exact) mass is 260 g/mol. The zero-order valence-corrected chi connectivity index (χ0v) is 12.2. The van der Waals surface area contributed by atoms with Gasteiger partial charge in [-0.2, -0.15) is 5.10 Å². The Morgan fingerprint density at radius 2 is 2.11 bits per heavy atom. The molecule has 0 saturated carbocycles. The highest BCUT2D eigenvalue weighted by molar-refractivity contribution is 5.45. The van der Waals surface area contributed by atoms with Crippen molar-refractivity contribution >= 4 is 11.5 Å². The van der Waals surface area contributed by atoms with Gasteiger partial charge in [-0.25, -0.2) is 9.50 Å². The van der Waals surface area contributed by atoms with Crippen molar-refractivity contribution in [1.82, 2.24) is 14.6 Å². The van der Waals surface area contributed by atoms with Gasteiger partial charge in [0.1, 0.15) is 5.82 Å². The molecule has 4 heteroatoms. The Morgan fingerprint density at radius 3 is 2.89 bits per heavy atom. The third-order valence-corrected chi connectivity index (χ3v) is 3.46. The number of aromatic nitrogens is 3. The maximum absolute atomic E-state index is 4.52. The quantitative estimate of drug-likeness (QED) is 0.771. The van der Waals surface area contributed by atoms with Crippen LogP contribution < -0.4 is 5.32 Å². The molecule has 0 unspecified atom stereocenters. The molecule has 0 saturated heterocycles. The Hall–Kier alpha value is -1.58. The van der Waals surface area contributed by atoms with E-state index in [-0.39, 0.29) is 0 Å². The summed E-state index contributed by atoms with van der Waals surface area (Å²) in [6, 6.07) is 3.89. The lowest BCUT2D eigenvalue weighted by Crippen LogP contribution is -2.23. The molecule has 0 atom stereocenters. The number of rotatable bonds is 7. The Labute approximate surface area is 115 Å². The molecule has 1 N–H and O–H groups in total. The van der Waals surface area contributed by atoms with E-state index in [1.54, 1.807) is 10.7 Å². The van der Waals surface area contributed by atoms with E-state index in [2.05, 4.69) is 36.2 Å². The van der Waals surface area contributed by atoms with Crippen LogP contribution in [-0.4, -0.2) is 21.1 Å². The van der Waals surface area contributed by atoms with Crippen molar-refractivity contribution in [1.29, 1.82) is 0 Å². The van der Waals surface area contributed by atoms with Crippen molar-refractivity contribution in [3.8, 4) is 0 Å². The SMILES string of the molecule is CCCCCC(C)(C)CNc1ccn2nccc2n1. The number of nitrogens with one attached hydrogen (secondary N) is 1. The van der Waals surface area contributed by atoms with E-state index in [1.807, 2.05) is 18.3 Å². The van der Waals surface area contributed by atoms with E-state index in [1.165, 1.54) is 25.7 Å². The van der Waals surface area contributed by atoms with Gasteiger partial charge in [0.15, 0.2) is 5.65 Å². The molecule has 0 aromatic carbocycles. The van der Waals surface area contributed by atoms with Gasteiger partial charge in [-0.15, -0.1) is 0 Å². The van der Waals surface area contributed by atoms with E-state index in [0.29, 0.717) is 5.41 Å². The zero-order valence-electron chi connectivity index (χ0n) is 12.2. The van der Waals surface area contributed by atoms with Gasteiger partial charge in [-0.1, -0.05) is 40.0 Å². The molecule has 0 amide bonds.